The molecule has 4 N–H and O–H groups in total. The molecule has 0 aromatic heterocycles. The lowest BCUT2D eigenvalue weighted by Crippen LogP contribution is -2.59. The van der Waals surface area contributed by atoms with Crippen LogP contribution in [0.1, 0.15) is 86.1 Å². The number of anilines is 1. The van der Waals surface area contributed by atoms with Gasteiger partial charge in [-0.15, -0.1) is 0 Å². The average molecular weight is 756 g/mol. The number of carbonyl (C=O) groups is 4. The molecule has 13 nitrogen and oxygen atoms in total. The van der Waals surface area contributed by atoms with Gasteiger partial charge in [0, 0.05) is 39.5 Å². The summed E-state index contributed by atoms with van der Waals surface area (Å²) in [6.07, 6.45) is 1.54. The zero-order chi connectivity index (χ0) is 40.9. The fraction of sp³-hybridized carbons (Fsp3) is 0.732. The first-order valence-electron chi connectivity index (χ1n) is 19.5. The maximum Gasteiger partial charge on any atom is 0.245 e. The highest BCUT2D eigenvalue weighted by atomic mass is 16.5. The van der Waals surface area contributed by atoms with Gasteiger partial charge in [0.25, 0.3) is 0 Å². The number of nitrogen functional groups attached to an aromatic ring is 1. The predicted octanol–water partition coefficient (Wildman–Crippen LogP) is 3.86. The Bertz CT molecular complexity index is 1410. The van der Waals surface area contributed by atoms with Gasteiger partial charge in [-0.2, -0.15) is 5.26 Å². The minimum atomic E-state index is -0.764. The van der Waals surface area contributed by atoms with E-state index in [1.807, 2.05) is 78.7 Å². The summed E-state index contributed by atoms with van der Waals surface area (Å²) in [5.41, 5.74) is 7.48. The van der Waals surface area contributed by atoms with Crippen molar-refractivity contribution < 1.29 is 28.7 Å². The van der Waals surface area contributed by atoms with Crippen molar-refractivity contribution in [3.63, 3.8) is 0 Å². The third-order valence-electron chi connectivity index (χ3n) is 11.1. The summed E-state index contributed by atoms with van der Waals surface area (Å²) >= 11 is 0. The second kappa shape index (κ2) is 22.0. The molecule has 1 fully saturated rings. The van der Waals surface area contributed by atoms with E-state index in [1.54, 1.807) is 44.1 Å². The van der Waals surface area contributed by atoms with Crippen molar-refractivity contribution in [2.75, 3.05) is 47.6 Å². The normalized spacial score (nSPS) is 19.0. The van der Waals surface area contributed by atoms with Crippen molar-refractivity contribution in [2.45, 2.75) is 129 Å². The van der Waals surface area contributed by atoms with Crippen LogP contribution in [0.3, 0.4) is 0 Å². The Morgan fingerprint density at radius 3 is 2.19 bits per heavy atom. The summed E-state index contributed by atoms with van der Waals surface area (Å²) in [4.78, 5) is 60.8. The molecule has 0 radical (unpaired) electrons. The molecule has 1 aliphatic rings. The highest BCUT2D eigenvalue weighted by Crippen LogP contribution is 2.30. The van der Waals surface area contributed by atoms with E-state index in [2.05, 4.69) is 16.7 Å². The van der Waals surface area contributed by atoms with Crippen LogP contribution >= 0.6 is 0 Å². The van der Waals surface area contributed by atoms with E-state index in [0.717, 1.165) is 18.4 Å². The van der Waals surface area contributed by atoms with Gasteiger partial charge in [0.1, 0.15) is 6.04 Å². The minimum Gasteiger partial charge on any atom is -0.399 e. The standard InChI is InChI=1S/C41H69N7O6/c1-13-27(6)37(47(10)41(52)35(25(2)3)45-40(51)36(26(4)5)46(8)9)33(53-11)24-34(49)48-21-15-18-32(48)38(54-12)28(7)39(50)44-31(19-20-42)23-29-16-14-17-30(43)22-29/h14,16-17,22,25-28,31-33,35-38H,13,15,18-19,21,23-24,43H2,1-12H3,(H,44,50)(H,45,51)/t27-,28+,31+,32-,33+,35?,36+,37-,38+/m0/s1. The first kappa shape index (κ1) is 46.4. The molecule has 1 aromatic carbocycles. The Balaban J connectivity index is 2.27. The lowest BCUT2D eigenvalue weighted by Gasteiger charge is -2.41. The van der Waals surface area contributed by atoms with Crippen LogP contribution in [0.25, 0.3) is 0 Å². The van der Waals surface area contributed by atoms with Gasteiger partial charge in [-0.3, -0.25) is 24.1 Å². The van der Waals surface area contributed by atoms with Crippen LogP contribution in [0, 0.1) is 35.0 Å². The van der Waals surface area contributed by atoms with E-state index in [-0.39, 0.29) is 60.3 Å². The number of ether oxygens (including phenoxy) is 2. The monoisotopic (exact) mass is 756 g/mol. The molecule has 0 aliphatic carbocycles. The zero-order valence-electron chi connectivity index (χ0n) is 34.9. The van der Waals surface area contributed by atoms with Gasteiger partial charge in [-0.1, -0.05) is 67.0 Å². The largest absolute Gasteiger partial charge is 0.399 e. The molecule has 4 amide bonds. The highest BCUT2D eigenvalue weighted by Gasteiger charge is 2.43. The summed E-state index contributed by atoms with van der Waals surface area (Å²) < 4.78 is 12.0. The lowest BCUT2D eigenvalue weighted by atomic mass is 9.89. The molecule has 54 heavy (non-hydrogen) atoms. The Morgan fingerprint density at radius 1 is 1.00 bits per heavy atom. The maximum atomic E-state index is 14.2. The Labute approximate surface area is 324 Å². The summed E-state index contributed by atoms with van der Waals surface area (Å²) in [5.74, 6) is -1.61. The molecule has 1 heterocycles. The first-order chi connectivity index (χ1) is 25.4. The van der Waals surface area contributed by atoms with Crippen LogP contribution in [0.2, 0.25) is 0 Å². The number of nitrogens with one attached hydrogen (secondary N) is 2. The smallest absolute Gasteiger partial charge is 0.245 e. The number of likely N-dealkylation sites (tertiary alicyclic amines) is 1. The van der Waals surface area contributed by atoms with Gasteiger partial charge < -0.3 is 35.6 Å². The second-order valence-corrected chi connectivity index (χ2v) is 16.0. The van der Waals surface area contributed by atoms with Gasteiger partial charge in [-0.05, 0) is 68.8 Å². The Hall–Kier alpha value is -3.73. The SMILES string of the molecule is CC[C@H](C)[C@@H]([C@@H](CC(=O)N1CCC[C@H]1[C@H](OC)[C@@H](C)C(=O)N[C@H](CC#N)Cc1cccc(N)c1)OC)N(C)C(=O)C(NC(=O)[C@@H](C(C)C)N(C)C)C(C)C. The number of carbonyl (C=O) groups excluding carboxylic acids is 4. The molecule has 1 saturated heterocycles. The number of hydrogen-bond donors (Lipinski definition) is 3. The van der Waals surface area contributed by atoms with Crippen LogP contribution in [-0.2, 0) is 35.1 Å². The van der Waals surface area contributed by atoms with E-state index in [1.165, 1.54) is 0 Å². The molecule has 0 spiro atoms. The molecule has 13 heteroatoms. The fourth-order valence-electron chi connectivity index (χ4n) is 8.03. The van der Waals surface area contributed by atoms with E-state index < -0.39 is 42.3 Å². The Morgan fingerprint density at radius 2 is 1.67 bits per heavy atom. The summed E-state index contributed by atoms with van der Waals surface area (Å²) in [6.45, 7) is 14.2. The summed E-state index contributed by atoms with van der Waals surface area (Å²) in [7, 11) is 8.56. The lowest BCUT2D eigenvalue weighted by molar-refractivity contribution is -0.148. The average Bonchev–Trinajstić information content (AvgIpc) is 3.59. The molecule has 1 unspecified atom stereocenters. The number of methoxy groups -OCH3 is 2. The van der Waals surface area contributed by atoms with E-state index in [4.69, 9.17) is 15.2 Å². The molecule has 304 valence electrons. The van der Waals surface area contributed by atoms with Gasteiger partial charge >= 0.3 is 0 Å². The van der Waals surface area contributed by atoms with Crippen molar-refractivity contribution >= 4 is 29.3 Å². The molecule has 9 atom stereocenters. The van der Waals surface area contributed by atoms with Crippen LogP contribution in [-0.4, -0.2) is 123 Å². The Kier molecular flexibility index (Phi) is 18.9. The van der Waals surface area contributed by atoms with E-state index in [0.29, 0.717) is 25.1 Å². The van der Waals surface area contributed by atoms with Gasteiger partial charge in [-0.25, -0.2) is 0 Å². The molecule has 1 aromatic rings. The van der Waals surface area contributed by atoms with Crippen molar-refractivity contribution in [2.24, 2.45) is 23.7 Å². The van der Waals surface area contributed by atoms with Crippen molar-refractivity contribution in [3.8, 4) is 6.07 Å². The number of hydrogen-bond acceptors (Lipinski definition) is 9. The third-order valence-corrected chi connectivity index (χ3v) is 11.1. The number of likely N-dealkylation sites (N-methyl/N-ethyl adjacent to an activating group) is 2. The molecule has 0 bridgehead atoms. The third kappa shape index (κ3) is 12.4. The van der Waals surface area contributed by atoms with Crippen LogP contribution in [0.4, 0.5) is 5.69 Å². The molecular weight excluding hydrogens is 686 g/mol. The number of benzene rings is 1. The minimum absolute atomic E-state index is 0.0237. The molecule has 1 aliphatic heterocycles. The first-order valence-corrected chi connectivity index (χ1v) is 19.5. The number of rotatable bonds is 21. The number of amides is 4. The summed E-state index contributed by atoms with van der Waals surface area (Å²) in [6, 6.07) is 7.17. The molecule has 0 saturated carbocycles. The van der Waals surface area contributed by atoms with E-state index in [9.17, 15) is 24.4 Å². The molecule has 2 rings (SSSR count). The van der Waals surface area contributed by atoms with Crippen molar-refractivity contribution in [3.05, 3.63) is 29.8 Å². The number of nitrogens with zero attached hydrogens (tertiary/aromatic N) is 4. The van der Waals surface area contributed by atoms with Crippen LogP contribution in [0.15, 0.2) is 24.3 Å². The van der Waals surface area contributed by atoms with Gasteiger partial charge in [0.2, 0.25) is 23.6 Å². The highest BCUT2D eigenvalue weighted by molar-refractivity contribution is 5.90. The topological polar surface area (TPSA) is 170 Å². The van der Waals surface area contributed by atoms with Crippen LogP contribution in [0.5, 0.6) is 0 Å². The maximum absolute atomic E-state index is 14.2. The van der Waals surface area contributed by atoms with Crippen molar-refractivity contribution in [1.82, 2.24) is 25.3 Å². The quantitative estimate of drug-likeness (QED) is 0.158. The van der Waals surface area contributed by atoms with Crippen LogP contribution < -0.4 is 16.4 Å². The molecular formula is C41H69N7O6. The zero-order valence-corrected chi connectivity index (χ0v) is 34.9. The van der Waals surface area contributed by atoms with Crippen molar-refractivity contribution in [1.29, 1.82) is 5.26 Å². The van der Waals surface area contributed by atoms with Gasteiger partial charge in [0.15, 0.2) is 0 Å². The second-order valence-electron chi connectivity index (χ2n) is 16.0. The summed E-state index contributed by atoms with van der Waals surface area (Å²) in [5, 5.41) is 15.6. The number of nitriles is 1. The number of nitrogens with two attached hydrogens (primary N) is 1. The predicted molar refractivity (Wildman–Crippen MR) is 212 cm³/mol. The van der Waals surface area contributed by atoms with E-state index >= 15 is 0 Å². The fourth-order valence-corrected chi connectivity index (χ4v) is 8.03. The van der Waals surface area contributed by atoms with Gasteiger partial charge in [0.05, 0.1) is 55.2 Å².